The van der Waals surface area contributed by atoms with E-state index in [-0.39, 0.29) is 17.3 Å². The van der Waals surface area contributed by atoms with E-state index in [1.165, 1.54) is 13.2 Å². The van der Waals surface area contributed by atoms with Crippen molar-refractivity contribution in [1.82, 2.24) is 5.48 Å². The van der Waals surface area contributed by atoms with Gasteiger partial charge in [-0.3, -0.25) is 0 Å². The zero-order valence-corrected chi connectivity index (χ0v) is 7.73. The summed E-state index contributed by atoms with van der Waals surface area (Å²) in [6.07, 6.45) is 0. The van der Waals surface area contributed by atoms with Gasteiger partial charge in [0.2, 0.25) is 0 Å². The van der Waals surface area contributed by atoms with E-state index in [1.54, 1.807) is 0 Å². The fourth-order valence-corrected chi connectivity index (χ4v) is 1.06. The topological polar surface area (TPSA) is 41.5 Å². The van der Waals surface area contributed by atoms with Crippen molar-refractivity contribution in [3.05, 3.63) is 28.5 Å². The van der Waals surface area contributed by atoms with Crippen molar-refractivity contribution in [2.24, 2.45) is 0 Å². The van der Waals surface area contributed by atoms with E-state index in [0.717, 1.165) is 6.07 Å². The molecule has 5 heteroatoms. The number of halogens is 2. The lowest BCUT2D eigenvalue weighted by molar-refractivity contribution is 0.0861. The molecule has 0 radical (unpaired) electrons. The monoisotopic (exact) mass is 205 g/mol. The van der Waals surface area contributed by atoms with E-state index < -0.39 is 5.82 Å². The second-order valence-electron chi connectivity index (χ2n) is 2.42. The molecule has 0 saturated heterocycles. The van der Waals surface area contributed by atoms with Crippen molar-refractivity contribution in [2.75, 3.05) is 7.11 Å². The van der Waals surface area contributed by atoms with Crippen LogP contribution in [-0.4, -0.2) is 12.2 Å². The van der Waals surface area contributed by atoms with Gasteiger partial charge in [0.25, 0.3) is 0 Å². The summed E-state index contributed by atoms with van der Waals surface area (Å²) in [6.45, 7) is 0.266. The molecular formula is C8H9ClFNO2. The molecule has 2 N–H and O–H groups in total. The minimum Gasteiger partial charge on any atom is -0.508 e. The summed E-state index contributed by atoms with van der Waals surface area (Å²) in [7, 11) is 1.45. The lowest BCUT2D eigenvalue weighted by Crippen LogP contribution is -2.10. The number of phenols is 1. The smallest absolute Gasteiger partial charge is 0.145 e. The van der Waals surface area contributed by atoms with Crippen LogP contribution >= 0.6 is 11.6 Å². The van der Waals surface area contributed by atoms with Gasteiger partial charge < -0.3 is 9.94 Å². The molecule has 0 bridgehead atoms. The van der Waals surface area contributed by atoms with E-state index in [2.05, 4.69) is 10.3 Å². The predicted octanol–water partition coefficient (Wildman–Crippen LogP) is 1.84. The van der Waals surface area contributed by atoms with Crippen molar-refractivity contribution in [2.45, 2.75) is 6.54 Å². The van der Waals surface area contributed by atoms with Crippen LogP contribution in [-0.2, 0) is 11.4 Å². The zero-order valence-electron chi connectivity index (χ0n) is 6.97. The Labute approximate surface area is 80.0 Å². The Morgan fingerprint density at radius 1 is 1.62 bits per heavy atom. The Morgan fingerprint density at radius 3 is 2.92 bits per heavy atom. The number of benzene rings is 1. The molecule has 3 nitrogen and oxygen atoms in total. The third kappa shape index (κ3) is 2.55. The molecule has 0 unspecified atom stereocenters. The van der Waals surface area contributed by atoms with Gasteiger partial charge >= 0.3 is 0 Å². The molecule has 0 heterocycles. The number of phenolic OH excluding ortho intramolecular Hbond substituents is 1. The average Bonchev–Trinajstić information content (AvgIpc) is 2.09. The van der Waals surface area contributed by atoms with Crippen LogP contribution in [0, 0.1) is 5.82 Å². The number of nitrogens with one attached hydrogen (secondary N) is 1. The van der Waals surface area contributed by atoms with Crippen LogP contribution in [0.5, 0.6) is 5.75 Å². The Hall–Kier alpha value is -0.840. The minimum absolute atomic E-state index is 0.0225. The quantitative estimate of drug-likeness (QED) is 0.740. The second kappa shape index (κ2) is 4.41. The molecule has 0 amide bonds. The highest BCUT2D eigenvalue weighted by Gasteiger charge is 2.06. The Kier molecular flexibility index (Phi) is 3.48. The summed E-state index contributed by atoms with van der Waals surface area (Å²) in [4.78, 5) is 4.57. The molecule has 1 aromatic rings. The minimum atomic E-state index is -0.639. The van der Waals surface area contributed by atoms with Gasteiger partial charge in [-0.05, 0) is 6.07 Å². The molecule has 0 fully saturated rings. The van der Waals surface area contributed by atoms with E-state index in [9.17, 15) is 9.50 Å². The fraction of sp³-hybridized carbons (Fsp3) is 0.250. The maximum absolute atomic E-state index is 12.7. The standard InChI is InChI=1S/C8H9ClFNO2/c1-13-11-4-5-2-6(9)7(10)3-8(5)12/h2-3,11-12H,4H2,1H3. The van der Waals surface area contributed by atoms with E-state index >= 15 is 0 Å². The highest BCUT2D eigenvalue weighted by atomic mass is 35.5. The first kappa shape index (κ1) is 10.2. The summed E-state index contributed by atoms with van der Waals surface area (Å²) >= 11 is 5.51. The lowest BCUT2D eigenvalue weighted by atomic mass is 10.2. The molecule has 13 heavy (non-hydrogen) atoms. The summed E-state index contributed by atoms with van der Waals surface area (Å²) in [5, 5.41) is 9.23. The van der Waals surface area contributed by atoms with Gasteiger partial charge in [0.05, 0.1) is 12.1 Å². The second-order valence-corrected chi connectivity index (χ2v) is 2.83. The van der Waals surface area contributed by atoms with Crippen LogP contribution in [0.25, 0.3) is 0 Å². The molecule has 0 aliphatic rings. The summed E-state index contributed by atoms with van der Waals surface area (Å²) < 4.78 is 12.7. The van der Waals surface area contributed by atoms with Crippen molar-refractivity contribution >= 4 is 11.6 Å². The fourth-order valence-electron chi connectivity index (χ4n) is 0.869. The molecule has 0 aromatic heterocycles. The van der Waals surface area contributed by atoms with Gasteiger partial charge in [-0.15, -0.1) is 0 Å². The van der Waals surface area contributed by atoms with Gasteiger partial charge in [-0.2, -0.15) is 5.48 Å². The summed E-state index contributed by atoms with van der Waals surface area (Å²) in [5.41, 5.74) is 2.99. The van der Waals surface area contributed by atoms with Crippen LogP contribution in [0.2, 0.25) is 5.02 Å². The number of hydrogen-bond acceptors (Lipinski definition) is 3. The SMILES string of the molecule is CONCc1cc(Cl)c(F)cc1O. The van der Waals surface area contributed by atoms with Gasteiger partial charge in [0.15, 0.2) is 0 Å². The molecule has 0 spiro atoms. The van der Waals surface area contributed by atoms with Crippen LogP contribution in [0.4, 0.5) is 4.39 Å². The number of hydroxylamine groups is 1. The first-order valence-electron chi connectivity index (χ1n) is 3.58. The molecule has 1 aromatic carbocycles. The van der Waals surface area contributed by atoms with E-state index in [0.29, 0.717) is 5.56 Å². The highest BCUT2D eigenvalue weighted by molar-refractivity contribution is 6.30. The zero-order chi connectivity index (χ0) is 9.84. The number of aromatic hydroxyl groups is 1. The molecule has 72 valence electrons. The normalized spacial score (nSPS) is 10.4. The van der Waals surface area contributed by atoms with Crippen LogP contribution < -0.4 is 5.48 Å². The lowest BCUT2D eigenvalue weighted by Gasteiger charge is -2.05. The molecule has 0 atom stereocenters. The van der Waals surface area contributed by atoms with Gasteiger partial charge in [0.1, 0.15) is 11.6 Å². The van der Waals surface area contributed by atoms with Crippen molar-refractivity contribution in [3.63, 3.8) is 0 Å². The molecule has 0 aliphatic carbocycles. The van der Waals surface area contributed by atoms with Gasteiger partial charge in [-0.25, -0.2) is 4.39 Å². The maximum Gasteiger partial charge on any atom is 0.145 e. The molecule has 1 rings (SSSR count). The third-order valence-corrected chi connectivity index (χ3v) is 1.82. The van der Waals surface area contributed by atoms with Gasteiger partial charge in [-0.1, -0.05) is 11.6 Å². The van der Waals surface area contributed by atoms with Crippen molar-refractivity contribution < 1.29 is 14.3 Å². The number of hydrogen-bond donors (Lipinski definition) is 2. The van der Waals surface area contributed by atoms with E-state index in [4.69, 9.17) is 11.6 Å². The average molecular weight is 206 g/mol. The first-order chi connectivity index (χ1) is 6.15. The van der Waals surface area contributed by atoms with Crippen molar-refractivity contribution in [1.29, 1.82) is 0 Å². The third-order valence-electron chi connectivity index (χ3n) is 1.53. The Morgan fingerprint density at radius 2 is 2.31 bits per heavy atom. The maximum atomic E-state index is 12.7. The van der Waals surface area contributed by atoms with Crippen LogP contribution in [0.1, 0.15) is 5.56 Å². The predicted molar refractivity (Wildman–Crippen MR) is 46.9 cm³/mol. The summed E-state index contributed by atoms with van der Waals surface area (Å²) in [5.74, 6) is -0.785. The molecular weight excluding hydrogens is 197 g/mol. The first-order valence-corrected chi connectivity index (χ1v) is 3.95. The largest absolute Gasteiger partial charge is 0.508 e. The Bertz CT molecular complexity index is 306. The Balaban J connectivity index is 2.88. The van der Waals surface area contributed by atoms with Gasteiger partial charge in [0, 0.05) is 18.2 Å². The summed E-state index contributed by atoms with van der Waals surface area (Å²) in [6, 6.07) is 2.31. The van der Waals surface area contributed by atoms with Crippen LogP contribution in [0.3, 0.4) is 0 Å². The molecule has 0 saturated carbocycles. The van der Waals surface area contributed by atoms with Crippen LogP contribution in [0.15, 0.2) is 12.1 Å². The van der Waals surface area contributed by atoms with Crippen molar-refractivity contribution in [3.8, 4) is 5.75 Å². The highest BCUT2D eigenvalue weighted by Crippen LogP contribution is 2.24. The molecule has 0 aliphatic heterocycles. The van der Waals surface area contributed by atoms with E-state index in [1.807, 2.05) is 0 Å². The number of rotatable bonds is 3.